The van der Waals surface area contributed by atoms with Gasteiger partial charge in [-0.2, -0.15) is 4.91 Å². The fraction of sp³-hybridized carbons (Fsp3) is 0.417. The molecule has 3 rings (SSSR count). The van der Waals surface area contributed by atoms with E-state index in [0.29, 0.717) is 17.5 Å². The Labute approximate surface area is 124 Å². The third kappa shape index (κ3) is 2.09. The van der Waals surface area contributed by atoms with E-state index in [9.17, 15) is 9.70 Å². The number of nitrogens with zero attached hydrogens (tertiary/aromatic N) is 4. The number of aromatic nitrogens is 3. The fourth-order valence-corrected chi connectivity index (χ4v) is 2.72. The average molecular weight is 305 g/mol. The zero-order valence-corrected chi connectivity index (χ0v) is 11.5. The molecule has 0 aromatic carbocycles. The van der Waals surface area contributed by atoms with Crippen LogP contribution in [0.5, 0.6) is 0 Å². The molecule has 10 heteroatoms. The van der Waals surface area contributed by atoms with Crippen molar-refractivity contribution in [2.24, 2.45) is 16.6 Å². The van der Waals surface area contributed by atoms with Crippen LogP contribution >= 0.6 is 0 Å². The van der Waals surface area contributed by atoms with Gasteiger partial charge in [-0.1, -0.05) is 5.18 Å². The van der Waals surface area contributed by atoms with Crippen LogP contribution in [0.15, 0.2) is 17.7 Å². The summed E-state index contributed by atoms with van der Waals surface area (Å²) in [6, 6.07) is -0.552. The van der Waals surface area contributed by atoms with E-state index < -0.39 is 24.3 Å². The maximum Gasteiger partial charge on any atom is 0.251 e. The van der Waals surface area contributed by atoms with Crippen molar-refractivity contribution in [2.45, 2.75) is 24.8 Å². The van der Waals surface area contributed by atoms with Crippen LogP contribution in [0, 0.1) is 4.91 Å². The number of primary amides is 1. The molecule has 1 aliphatic rings. The summed E-state index contributed by atoms with van der Waals surface area (Å²) in [5.41, 5.74) is 17.4. The van der Waals surface area contributed by atoms with Gasteiger partial charge in [0.1, 0.15) is 30.1 Å². The molecule has 0 saturated carbocycles. The van der Waals surface area contributed by atoms with E-state index in [2.05, 4.69) is 15.1 Å². The van der Waals surface area contributed by atoms with Crippen molar-refractivity contribution in [3.63, 3.8) is 0 Å². The van der Waals surface area contributed by atoms with Gasteiger partial charge in [0.05, 0.1) is 17.1 Å². The second-order valence-electron chi connectivity index (χ2n) is 5.05. The number of carbonyl (C=O) groups excluding carboxylic acids is 1. The van der Waals surface area contributed by atoms with Crippen molar-refractivity contribution in [1.29, 1.82) is 0 Å². The molecule has 1 saturated heterocycles. The predicted octanol–water partition coefficient (Wildman–Crippen LogP) is -0.506. The van der Waals surface area contributed by atoms with Crippen LogP contribution in [0.3, 0.4) is 0 Å². The summed E-state index contributed by atoms with van der Waals surface area (Å²) >= 11 is 0. The molecule has 1 amide bonds. The van der Waals surface area contributed by atoms with Crippen LogP contribution in [0.25, 0.3) is 11.0 Å². The predicted molar refractivity (Wildman–Crippen MR) is 77.6 cm³/mol. The van der Waals surface area contributed by atoms with Crippen molar-refractivity contribution in [2.75, 3.05) is 12.3 Å². The van der Waals surface area contributed by atoms with E-state index in [-0.39, 0.29) is 17.9 Å². The first kappa shape index (κ1) is 14.4. The van der Waals surface area contributed by atoms with Crippen LogP contribution in [-0.2, 0) is 4.74 Å². The molecular formula is C12H15N7O3. The SMILES string of the molecule is NC[C@H]1O[C@@H](n2cc(C(N)=O)c3c(N)ncnc32)CC1N=O. The van der Waals surface area contributed by atoms with Gasteiger partial charge in [0.15, 0.2) is 0 Å². The highest BCUT2D eigenvalue weighted by Crippen LogP contribution is 2.34. The lowest BCUT2D eigenvalue weighted by Gasteiger charge is -2.14. The van der Waals surface area contributed by atoms with E-state index >= 15 is 0 Å². The van der Waals surface area contributed by atoms with E-state index in [0.717, 1.165) is 0 Å². The molecule has 2 aromatic rings. The largest absolute Gasteiger partial charge is 0.383 e. The monoisotopic (exact) mass is 305 g/mol. The van der Waals surface area contributed by atoms with Crippen molar-refractivity contribution >= 4 is 22.8 Å². The minimum Gasteiger partial charge on any atom is -0.383 e. The number of nitroso groups, excluding NO2 is 1. The van der Waals surface area contributed by atoms with E-state index in [1.54, 1.807) is 4.57 Å². The Morgan fingerprint density at radius 2 is 2.27 bits per heavy atom. The highest BCUT2D eigenvalue weighted by molar-refractivity contribution is 6.08. The van der Waals surface area contributed by atoms with E-state index in [4.69, 9.17) is 21.9 Å². The van der Waals surface area contributed by atoms with Gasteiger partial charge in [-0.05, 0) is 0 Å². The van der Waals surface area contributed by atoms with Crippen LogP contribution in [0.2, 0.25) is 0 Å². The third-order valence-electron chi connectivity index (χ3n) is 3.79. The van der Waals surface area contributed by atoms with Gasteiger partial charge in [-0.15, -0.1) is 0 Å². The molecule has 1 aliphatic heterocycles. The number of fused-ring (bicyclic) bond motifs is 1. The number of amides is 1. The molecule has 10 nitrogen and oxygen atoms in total. The lowest BCUT2D eigenvalue weighted by atomic mass is 10.1. The summed E-state index contributed by atoms with van der Waals surface area (Å²) in [6.45, 7) is 0.173. The summed E-state index contributed by atoms with van der Waals surface area (Å²) in [4.78, 5) is 30.5. The highest BCUT2D eigenvalue weighted by atomic mass is 16.5. The Morgan fingerprint density at radius 1 is 1.50 bits per heavy atom. The summed E-state index contributed by atoms with van der Waals surface area (Å²) in [5.74, 6) is -0.500. The second-order valence-corrected chi connectivity index (χ2v) is 5.05. The number of nitrogen functional groups attached to an aromatic ring is 1. The number of nitrogens with two attached hydrogens (primary N) is 3. The van der Waals surface area contributed by atoms with Crippen molar-refractivity contribution in [3.8, 4) is 0 Å². The van der Waals surface area contributed by atoms with Crippen LogP contribution in [0.1, 0.15) is 23.0 Å². The van der Waals surface area contributed by atoms with Crippen molar-refractivity contribution in [3.05, 3.63) is 23.0 Å². The standard InChI is InChI=1S/C12H15N7O3/c13-2-7-6(18-21)1-8(22-7)19-3-5(11(15)20)9-10(14)16-4-17-12(9)19/h3-4,6-8H,1-2,13H2,(H2,15,20)(H2,14,16,17)/t6?,7-,8-/m1/s1. The van der Waals surface area contributed by atoms with Gasteiger partial charge >= 0.3 is 0 Å². The first-order chi connectivity index (χ1) is 10.6. The molecule has 3 atom stereocenters. The number of ether oxygens (including phenoxy) is 1. The molecule has 0 spiro atoms. The minimum atomic E-state index is -0.649. The molecule has 1 fully saturated rings. The Balaban J connectivity index is 2.11. The Bertz CT molecular complexity index is 744. The Kier molecular flexibility index (Phi) is 3.47. The van der Waals surface area contributed by atoms with Gasteiger partial charge < -0.3 is 26.5 Å². The molecule has 0 radical (unpaired) electrons. The summed E-state index contributed by atoms with van der Waals surface area (Å²) in [5, 5.41) is 3.40. The zero-order valence-electron chi connectivity index (χ0n) is 11.5. The lowest BCUT2D eigenvalue weighted by Crippen LogP contribution is -2.28. The topological polar surface area (TPSA) is 164 Å². The van der Waals surface area contributed by atoms with Gasteiger partial charge in [-0.3, -0.25) is 4.79 Å². The Morgan fingerprint density at radius 3 is 2.86 bits per heavy atom. The van der Waals surface area contributed by atoms with Crippen LogP contribution in [-0.4, -0.2) is 39.1 Å². The first-order valence-electron chi connectivity index (χ1n) is 6.65. The minimum absolute atomic E-state index is 0.149. The quantitative estimate of drug-likeness (QED) is 0.640. The third-order valence-corrected chi connectivity index (χ3v) is 3.79. The fourth-order valence-electron chi connectivity index (χ4n) is 2.72. The highest BCUT2D eigenvalue weighted by Gasteiger charge is 2.37. The molecule has 0 aliphatic carbocycles. The zero-order chi connectivity index (χ0) is 15.9. The molecule has 2 aromatic heterocycles. The van der Waals surface area contributed by atoms with Gasteiger partial charge in [0.2, 0.25) is 0 Å². The van der Waals surface area contributed by atoms with E-state index in [1.165, 1.54) is 12.5 Å². The van der Waals surface area contributed by atoms with Gasteiger partial charge in [0, 0.05) is 19.2 Å². The lowest BCUT2D eigenvalue weighted by molar-refractivity contribution is 0.00692. The van der Waals surface area contributed by atoms with Gasteiger partial charge in [0.25, 0.3) is 5.91 Å². The summed E-state index contributed by atoms with van der Waals surface area (Å²) in [6.07, 6.45) is 2.11. The maximum absolute atomic E-state index is 11.6. The summed E-state index contributed by atoms with van der Waals surface area (Å²) in [7, 11) is 0. The van der Waals surface area contributed by atoms with Crippen molar-refractivity contribution in [1.82, 2.24) is 14.5 Å². The summed E-state index contributed by atoms with van der Waals surface area (Å²) < 4.78 is 7.34. The molecule has 6 N–H and O–H groups in total. The second kappa shape index (κ2) is 5.31. The van der Waals surface area contributed by atoms with Crippen LogP contribution in [0.4, 0.5) is 5.82 Å². The molecular weight excluding hydrogens is 290 g/mol. The number of hydrogen-bond donors (Lipinski definition) is 3. The average Bonchev–Trinajstić information content (AvgIpc) is 3.08. The number of rotatable bonds is 4. The smallest absolute Gasteiger partial charge is 0.251 e. The number of anilines is 1. The molecule has 116 valence electrons. The van der Waals surface area contributed by atoms with E-state index in [1.807, 2.05) is 0 Å². The number of hydrogen-bond acceptors (Lipinski definition) is 8. The first-order valence-corrected chi connectivity index (χ1v) is 6.65. The Hall–Kier alpha value is -2.59. The molecule has 22 heavy (non-hydrogen) atoms. The molecule has 3 heterocycles. The van der Waals surface area contributed by atoms with Crippen LogP contribution < -0.4 is 17.2 Å². The van der Waals surface area contributed by atoms with Crippen molar-refractivity contribution < 1.29 is 9.53 Å². The molecule has 0 bridgehead atoms. The molecule has 1 unspecified atom stereocenters. The van der Waals surface area contributed by atoms with Gasteiger partial charge in [-0.25, -0.2) is 9.97 Å². The number of carbonyl (C=O) groups is 1. The normalized spacial score (nSPS) is 24.7. The maximum atomic E-state index is 11.6.